The molecule has 3 rings (SSSR count). The number of nitrogens with zero attached hydrogens (tertiary/aromatic N) is 1. The van der Waals surface area contributed by atoms with E-state index in [1.807, 2.05) is 61.6 Å². The molecule has 0 aliphatic heterocycles. The molecule has 4 heteroatoms. The quantitative estimate of drug-likeness (QED) is 0.735. The van der Waals surface area contributed by atoms with E-state index in [0.717, 1.165) is 16.8 Å². The average molecular weight is 334 g/mol. The molecule has 0 aliphatic carbocycles. The summed E-state index contributed by atoms with van der Waals surface area (Å²) < 4.78 is 5.43. The van der Waals surface area contributed by atoms with Crippen LogP contribution in [0.25, 0.3) is 11.1 Å². The van der Waals surface area contributed by atoms with Gasteiger partial charge in [-0.2, -0.15) is 0 Å². The predicted molar refractivity (Wildman–Crippen MR) is 101 cm³/mol. The number of carbonyl (C=O) groups is 1. The van der Waals surface area contributed by atoms with Gasteiger partial charge >= 0.3 is 0 Å². The molecule has 0 saturated carbocycles. The number of benzene rings is 2. The minimum atomic E-state index is -0.197. The minimum Gasteiger partial charge on any atom is -0.459 e. The Labute approximate surface area is 148 Å². The number of rotatable bonds is 6. The van der Waals surface area contributed by atoms with Crippen molar-refractivity contribution in [3.05, 3.63) is 78.8 Å². The Bertz CT molecular complexity index is 812. The molecular formula is C21H22N2O2. The topological polar surface area (TPSA) is 45.5 Å². The lowest BCUT2D eigenvalue weighted by molar-refractivity contribution is 0.0925. The van der Waals surface area contributed by atoms with Gasteiger partial charge in [-0.1, -0.05) is 48.5 Å². The van der Waals surface area contributed by atoms with E-state index in [2.05, 4.69) is 29.3 Å². The van der Waals surface area contributed by atoms with Gasteiger partial charge < -0.3 is 14.6 Å². The highest BCUT2D eigenvalue weighted by Gasteiger charge is 2.18. The zero-order valence-electron chi connectivity index (χ0n) is 14.5. The lowest BCUT2D eigenvalue weighted by Gasteiger charge is -2.27. The summed E-state index contributed by atoms with van der Waals surface area (Å²) in [5.41, 5.74) is 2.89. The first-order chi connectivity index (χ1) is 12.2. The van der Waals surface area contributed by atoms with Crippen LogP contribution in [0.5, 0.6) is 0 Å². The van der Waals surface area contributed by atoms with E-state index < -0.39 is 0 Å². The van der Waals surface area contributed by atoms with E-state index in [1.54, 1.807) is 6.26 Å². The molecule has 4 nitrogen and oxygen atoms in total. The minimum absolute atomic E-state index is 0.154. The summed E-state index contributed by atoms with van der Waals surface area (Å²) in [6.45, 7) is 2.60. The molecule has 0 radical (unpaired) electrons. The van der Waals surface area contributed by atoms with Gasteiger partial charge in [-0.05, 0) is 30.7 Å². The Hall–Kier alpha value is -3.01. The van der Waals surface area contributed by atoms with Crippen LogP contribution < -0.4 is 10.2 Å². The van der Waals surface area contributed by atoms with Gasteiger partial charge in [0.05, 0.1) is 6.26 Å². The number of carbonyl (C=O) groups excluding carboxylic acids is 1. The van der Waals surface area contributed by atoms with Crippen LogP contribution in [-0.4, -0.2) is 25.5 Å². The van der Waals surface area contributed by atoms with Gasteiger partial charge in [0.2, 0.25) is 0 Å². The first-order valence-electron chi connectivity index (χ1n) is 8.36. The molecule has 1 atom stereocenters. The fourth-order valence-corrected chi connectivity index (χ4v) is 2.71. The number of nitrogens with one attached hydrogen (secondary N) is 1. The standard InChI is InChI=1S/C21H22N2O2/c1-16(23(2)18-11-7-4-8-12-18)15-22-21(24)20-19(13-14-25-20)17-9-5-3-6-10-17/h3-14,16H,15H2,1-2H3,(H,22,24)/t16-/m0/s1. The number of hydrogen-bond donors (Lipinski definition) is 1. The normalized spacial score (nSPS) is 11.8. The van der Waals surface area contributed by atoms with Gasteiger partial charge in [0.15, 0.2) is 5.76 Å². The highest BCUT2D eigenvalue weighted by Crippen LogP contribution is 2.24. The van der Waals surface area contributed by atoms with Gasteiger partial charge in [-0.15, -0.1) is 0 Å². The maximum Gasteiger partial charge on any atom is 0.287 e. The first kappa shape index (κ1) is 16.8. The van der Waals surface area contributed by atoms with Gasteiger partial charge in [0, 0.05) is 30.9 Å². The fraction of sp³-hybridized carbons (Fsp3) is 0.190. The molecule has 0 spiro atoms. The van der Waals surface area contributed by atoms with Crippen molar-refractivity contribution in [3.63, 3.8) is 0 Å². The Balaban J connectivity index is 1.65. The van der Waals surface area contributed by atoms with E-state index in [4.69, 9.17) is 4.42 Å². The summed E-state index contributed by atoms with van der Waals surface area (Å²) in [5, 5.41) is 2.97. The summed E-state index contributed by atoms with van der Waals surface area (Å²) in [7, 11) is 2.02. The largest absolute Gasteiger partial charge is 0.459 e. The second-order valence-electron chi connectivity index (χ2n) is 6.03. The highest BCUT2D eigenvalue weighted by atomic mass is 16.3. The number of para-hydroxylation sites is 1. The molecule has 0 saturated heterocycles. The first-order valence-corrected chi connectivity index (χ1v) is 8.36. The number of likely N-dealkylation sites (N-methyl/N-ethyl adjacent to an activating group) is 1. The lowest BCUT2D eigenvalue weighted by Crippen LogP contribution is -2.40. The van der Waals surface area contributed by atoms with E-state index in [9.17, 15) is 4.79 Å². The monoisotopic (exact) mass is 334 g/mol. The van der Waals surface area contributed by atoms with Gasteiger partial charge in [-0.25, -0.2) is 0 Å². The molecule has 1 aromatic heterocycles. The predicted octanol–water partition coefficient (Wildman–Crippen LogP) is 4.20. The highest BCUT2D eigenvalue weighted by molar-refractivity contribution is 5.98. The molecule has 1 heterocycles. The van der Waals surface area contributed by atoms with Crippen LogP contribution in [0, 0.1) is 0 Å². The summed E-state index contributed by atoms with van der Waals surface area (Å²) >= 11 is 0. The van der Waals surface area contributed by atoms with E-state index in [1.165, 1.54) is 0 Å². The van der Waals surface area contributed by atoms with E-state index >= 15 is 0 Å². The summed E-state index contributed by atoms with van der Waals surface area (Å²) in [6.07, 6.45) is 1.55. The molecule has 0 fully saturated rings. The molecule has 2 aromatic carbocycles. The summed E-state index contributed by atoms with van der Waals surface area (Å²) in [5.74, 6) is 0.151. The Kier molecular flexibility index (Phi) is 5.19. The molecule has 0 unspecified atom stereocenters. The number of hydrogen-bond acceptors (Lipinski definition) is 3. The second-order valence-corrected chi connectivity index (χ2v) is 6.03. The van der Waals surface area contributed by atoms with Gasteiger partial charge in [0.25, 0.3) is 5.91 Å². The Morgan fingerprint density at radius 3 is 2.36 bits per heavy atom. The van der Waals surface area contributed by atoms with Crippen LogP contribution in [0.3, 0.4) is 0 Å². The van der Waals surface area contributed by atoms with Crippen molar-refractivity contribution in [2.24, 2.45) is 0 Å². The molecule has 0 aliphatic rings. The molecular weight excluding hydrogens is 312 g/mol. The second kappa shape index (κ2) is 7.71. The molecule has 1 N–H and O–H groups in total. The van der Waals surface area contributed by atoms with Crippen LogP contribution in [-0.2, 0) is 0 Å². The van der Waals surface area contributed by atoms with Crippen molar-refractivity contribution in [1.82, 2.24) is 5.32 Å². The van der Waals surface area contributed by atoms with Crippen molar-refractivity contribution in [1.29, 1.82) is 0 Å². The maximum absolute atomic E-state index is 12.5. The molecule has 0 bridgehead atoms. The Morgan fingerprint density at radius 2 is 1.68 bits per heavy atom. The van der Waals surface area contributed by atoms with Crippen LogP contribution in [0.1, 0.15) is 17.5 Å². The van der Waals surface area contributed by atoms with Crippen LogP contribution in [0.15, 0.2) is 77.4 Å². The van der Waals surface area contributed by atoms with Crippen molar-refractivity contribution < 1.29 is 9.21 Å². The SMILES string of the molecule is C[C@@H](CNC(=O)c1occc1-c1ccccc1)N(C)c1ccccc1. The summed E-state index contributed by atoms with van der Waals surface area (Å²) in [4.78, 5) is 14.7. The lowest BCUT2D eigenvalue weighted by atomic mass is 10.1. The third-order valence-corrected chi connectivity index (χ3v) is 4.34. The van der Waals surface area contributed by atoms with Gasteiger partial charge in [0.1, 0.15) is 0 Å². The fourth-order valence-electron chi connectivity index (χ4n) is 2.71. The zero-order chi connectivity index (χ0) is 17.6. The third-order valence-electron chi connectivity index (χ3n) is 4.34. The van der Waals surface area contributed by atoms with Crippen LogP contribution in [0.2, 0.25) is 0 Å². The van der Waals surface area contributed by atoms with Crippen molar-refractivity contribution in [2.45, 2.75) is 13.0 Å². The van der Waals surface area contributed by atoms with Crippen LogP contribution in [0.4, 0.5) is 5.69 Å². The smallest absolute Gasteiger partial charge is 0.287 e. The summed E-state index contributed by atoms with van der Waals surface area (Å²) in [6, 6.07) is 21.9. The van der Waals surface area contributed by atoms with Crippen LogP contribution >= 0.6 is 0 Å². The van der Waals surface area contributed by atoms with Crippen molar-refractivity contribution >= 4 is 11.6 Å². The van der Waals surface area contributed by atoms with Gasteiger partial charge in [-0.3, -0.25) is 4.79 Å². The third kappa shape index (κ3) is 3.91. The number of anilines is 1. The maximum atomic E-state index is 12.5. The molecule has 128 valence electrons. The van der Waals surface area contributed by atoms with Crippen molar-refractivity contribution in [3.8, 4) is 11.1 Å². The average Bonchev–Trinajstić information content (AvgIpc) is 3.16. The van der Waals surface area contributed by atoms with E-state index in [0.29, 0.717) is 12.3 Å². The molecule has 1 amide bonds. The number of amides is 1. The molecule has 3 aromatic rings. The number of furan rings is 1. The van der Waals surface area contributed by atoms with E-state index in [-0.39, 0.29) is 11.9 Å². The zero-order valence-corrected chi connectivity index (χ0v) is 14.5. The molecule has 25 heavy (non-hydrogen) atoms. The Morgan fingerprint density at radius 1 is 1.04 bits per heavy atom. The van der Waals surface area contributed by atoms with Crippen molar-refractivity contribution in [2.75, 3.05) is 18.5 Å².